The van der Waals surface area contributed by atoms with Gasteiger partial charge in [0.15, 0.2) is 17.5 Å². The van der Waals surface area contributed by atoms with Gasteiger partial charge < -0.3 is 0 Å². The third-order valence-electron chi connectivity index (χ3n) is 3.67. The van der Waals surface area contributed by atoms with Crippen LogP contribution in [0, 0.1) is 17.5 Å². The number of halogens is 6. The molecule has 0 aliphatic heterocycles. The number of hydrogen-bond acceptors (Lipinski definition) is 5. The summed E-state index contributed by atoms with van der Waals surface area (Å²) >= 11 is 0. The van der Waals surface area contributed by atoms with E-state index in [9.17, 15) is 35.9 Å². The van der Waals surface area contributed by atoms with E-state index in [0.29, 0.717) is 21.4 Å². The van der Waals surface area contributed by atoms with Gasteiger partial charge in [0.1, 0.15) is 25.0 Å². The Labute approximate surface area is 156 Å². The van der Waals surface area contributed by atoms with Crippen LogP contribution in [0.2, 0.25) is 0 Å². The summed E-state index contributed by atoms with van der Waals surface area (Å²) in [6.07, 6.45) is -2.99. The SMILES string of the molecule is O=c1ncn(Cc2cc(F)c(F)cc2F)c(=O)n1Cc1ncn(CC(F)(F)F)n1. The van der Waals surface area contributed by atoms with Gasteiger partial charge in [0, 0.05) is 11.6 Å². The highest BCUT2D eigenvalue weighted by atomic mass is 19.4. The van der Waals surface area contributed by atoms with Gasteiger partial charge in [0.25, 0.3) is 0 Å². The molecule has 0 aliphatic rings. The molecule has 0 aliphatic carbocycles. The maximum absolute atomic E-state index is 13.8. The van der Waals surface area contributed by atoms with Crippen molar-refractivity contribution in [3.8, 4) is 0 Å². The van der Waals surface area contributed by atoms with Crippen molar-refractivity contribution in [2.45, 2.75) is 25.8 Å². The summed E-state index contributed by atoms with van der Waals surface area (Å²) in [6.45, 7) is -2.59. The molecule has 2 aromatic heterocycles. The molecule has 3 rings (SSSR count). The third kappa shape index (κ3) is 4.70. The predicted octanol–water partition coefficient (Wildman–Crippen LogP) is 1.07. The summed E-state index contributed by atoms with van der Waals surface area (Å²) in [7, 11) is 0. The molecule has 0 fully saturated rings. The Bertz CT molecular complexity index is 1170. The molecular formula is C15H10F6N6O2. The first-order valence-corrected chi connectivity index (χ1v) is 7.78. The van der Waals surface area contributed by atoms with E-state index in [-0.39, 0.29) is 11.4 Å². The van der Waals surface area contributed by atoms with Gasteiger partial charge in [0.2, 0.25) is 0 Å². The van der Waals surface area contributed by atoms with E-state index in [2.05, 4.69) is 15.1 Å². The van der Waals surface area contributed by atoms with Crippen molar-refractivity contribution >= 4 is 0 Å². The van der Waals surface area contributed by atoms with Gasteiger partial charge in [-0.05, 0) is 6.07 Å². The molecule has 2 heterocycles. The number of aromatic nitrogens is 6. The van der Waals surface area contributed by atoms with Crippen molar-refractivity contribution < 1.29 is 26.3 Å². The topological polar surface area (TPSA) is 87.6 Å². The molecule has 154 valence electrons. The lowest BCUT2D eigenvalue weighted by molar-refractivity contribution is -0.142. The van der Waals surface area contributed by atoms with Crippen molar-refractivity contribution in [2.24, 2.45) is 0 Å². The normalized spacial score (nSPS) is 11.8. The minimum absolute atomic E-state index is 0.271. The molecule has 0 bridgehead atoms. The summed E-state index contributed by atoms with van der Waals surface area (Å²) in [5, 5.41) is 3.52. The monoisotopic (exact) mass is 420 g/mol. The second-order valence-corrected chi connectivity index (χ2v) is 5.86. The van der Waals surface area contributed by atoms with E-state index in [1.807, 2.05) is 0 Å². The van der Waals surface area contributed by atoms with Crippen molar-refractivity contribution in [3.63, 3.8) is 0 Å². The van der Waals surface area contributed by atoms with Gasteiger partial charge in [0.05, 0.1) is 13.1 Å². The minimum Gasteiger partial charge on any atom is -0.279 e. The Hall–Kier alpha value is -3.45. The lowest BCUT2D eigenvalue weighted by atomic mass is 10.2. The van der Waals surface area contributed by atoms with E-state index in [0.717, 1.165) is 17.2 Å². The van der Waals surface area contributed by atoms with E-state index >= 15 is 0 Å². The van der Waals surface area contributed by atoms with Crippen molar-refractivity contribution in [1.82, 2.24) is 28.9 Å². The largest absolute Gasteiger partial charge is 0.408 e. The molecule has 0 spiro atoms. The first kappa shape index (κ1) is 20.3. The van der Waals surface area contributed by atoms with E-state index in [1.165, 1.54) is 0 Å². The Morgan fingerprint density at radius 1 is 0.897 bits per heavy atom. The van der Waals surface area contributed by atoms with Gasteiger partial charge in [-0.3, -0.25) is 4.57 Å². The average molecular weight is 420 g/mol. The smallest absolute Gasteiger partial charge is 0.279 e. The highest BCUT2D eigenvalue weighted by Crippen LogP contribution is 2.16. The van der Waals surface area contributed by atoms with E-state index in [4.69, 9.17) is 0 Å². The van der Waals surface area contributed by atoms with Gasteiger partial charge in [-0.15, -0.1) is 0 Å². The maximum atomic E-state index is 13.8. The van der Waals surface area contributed by atoms with Crippen LogP contribution in [0.25, 0.3) is 0 Å². The summed E-state index contributed by atoms with van der Waals surface area (Å²) in [4.78, 5) is 31.3. The summed E-state index contributed by atoms with van der Waals surface area (Å²) in [5.74, 6) is -4.15. The molecule has 0 N–H and O–H groups in total. The molecule has 3 aromatic rings. The first-order chi connectivity index (χ1) is 13.5. The fourth-order valence-corrected chi connectivity index (χ4v) is 2.39. The van der Waals surface area contributed by atoms with Crippen LogP contribution in [0.3, 0.4) is 0 Å². The summed E-state index contributed by atoms with van der Waals surface area (Å²) in [6, 6.07) is 0.850. The molecule has 0 amide bonds. The highest BCUT2D eigenvalue weighted by molar-refractivity contribution is 5.20. The van der Waals surface area contributed by atoms with E-state index < -0.39 is 54.6 Å². The van der Waals surface area contributed by atoms with Crippen molar-refractivity contribution in [3.05, 3.63) is 74.6 Å². The number of benzene rings is 1. The van der Waals surface area contributed by atoms with Gasteiger partial charge in [-0.1, -0.05) is 0 Å². The first-order valence-electron chi connectivity index (χ1n) is 7.78. The van der Waals surface area contributed by atoms with Gasteiger partial charge in [-0.2, -0.15) is 23.3 Å². The van der Waals surface area contributed by atoms with Gasteiger partial charge in [-0.25, -0.2) is 37.0 Å². The Morgan fingerprint density at radius 2 is 1.59 bits per heavy atom. The van der Waals surface area contributed by atoms with Crippen LogP contribution < -0.4 is 11.4 Å². The molecule has 14 heteroatoms. The lowest BCUT2D eigenvalue weighted by Crippen LogP contribution is -2.41. The zero-order chi connectivity index (χ0) is 21.3. The van der Waals surface area contributed by atoms with Crippen LogP contribution in [0.4, 0.5) is 26.3 Å². The number of hydrogen-bond donors (Lipinski definition) is 0. The Kier molecular flexibility index (Phi) is 5.26. The third-order valence-corrected chi connectivity index (χ3v) is 3.67. The summed E-state index contributed by atoms with van der Waals surface area (Å²) in [5.41, 5.74) is -2.46. The average Bonchev–Trinajstić information content (AvgIpc) is 3.03. The maximum Gasteiger partial charge on any atom is 0.408 e. The van der Waals surface area contributed by atoms with Crippen LogP contribution in [-0.2, 0) is 19.6 Å². The molecule has 29 heavy (non-hydrogen) atoms. The molecule has 0 saturated heterocycles. The zero-order valence-corrected chi connectivity index (χ0v) is 14.2. The second kappa shape index (κ2) is 7.52. The fraction of sp³-hybridized carbons (Fsp3) is 0.267. The van der Waals surface area contributed by atoms with Crippen LogP contribution >= 0.6 is 0 Å². The predicted molar refractivity (Wildman–Crippen MR) is 83.4 cm³/mol. The fourth-order valence-electron chi connectivity index (χ4n) is 2.39. The molecule has 0 radical (unpaired) electrons. The quantitative estimate of drug-likeness (QED) is 0.455. The van der Waals surface area contributed by atoms with E-state index in [1.54, 1.807) is 0 Å². The molecule has 1 aromatic carbocycles. The lowest BCUT2D eigenvalue weighted by Gasteiger charge is -2.09. The minimum atomic E-state index is -4.54. The molecule has 0 atom stereocenters. The Balaban J connectivity index is 1.89. The van der Waals surface area contributed by atoms with Crippen LogP contribution in [-0.4, -0.2) is 35.1 Å². The van der Waals surface area contributed by atoms with Gasteiger partial charge >= 0.3 is 17.6 Å². The number of rotatable bonds is 5. The summed E-state index contributed by atoms with van der Waals surface area (Å²) < 4.78 is 78.9. The molecule has 0 unspecified atom stereocenters. The Morgan fingerprint density at radius 3 is 2.28 bits per heavy atom. The van der Waals surface area contributed by atoms with Crippen LogP contribution in [0.5, 0.6) is 0 Å². The number of alkyl halides is 3. The second-order valence-electron chi connectivity index (χ2n) is 5.86. The van der Waals surface area contributed by atoms with Crippen LogP contribution in [0.15, 0.2) is 34.4 Å². The molecule has 8 nitrogen and oxygen atoms in total. The zero-order valence-electron chi connectivity index (χ0n) is 14.2. The molecule has 0 saturated carbocycles. The van der Waals surface area contributed by atoms with Crippen LogP contribution in [0.1, 0.15) is 11.4 Å². The van der Waals surface area contributed by atoms with Crippen molar-refractivity contribution in [2.75, 3.05) is 0 Å². The van der Waals surface area contributed by atoms with Crippen molar-refractivity contribution in [1.29, 1.82) is 0 Å². The molecular weight excluding hydrogens is 410 g/mol. The number of nitrogens with zero attached hydrogens (tertiary/aromatic N) is 6. The standard InChI is InChI=1S/C15H10F6N6O2/c16-9-2-11(18)10(17)1-8(9)3-25-6-23-13(28)27(14(25)29)4-12-22-7-26(24-12)5-15(19,20)21/h1-2,6-7H,3-5H2. The highest BCUT2D eigenvalue weighted by Gasteiger charge is 2.28.